The molecule has 0 radical (unpaired) electrons. The van der Waals surface area contributed by atoms with Gasteiger partial charge in [-0.15, -0.1) is 0 Å². The van der Waals surface area contributed by atoms with Gasteiger partial charge in [-0.25, -0.2) is 29.9 Å². The third-order valence-corrected chi connectivity index (χ3v) is 12.4. The molecule has 0 atom stereocenters. The lowest BCUT2D eigenvalue weighted by Crippen LogP contribution is -2.27. The van der Waals surface area contributed by atoms with Crippen LogP contribution in [0.15, 0.2) is 170 Å². The molecule has 67 heavy (non-hydrogen) atoms. The predicted molar refractivity (Wildman–Crippen MR) is 275 cm³/mol. The normalized spacial score (nSPS) is 13.5. The highest BCUT2D eigenvalue weighted by molar-refractivity contribution is 5.83. The summed E-state index contributed by atoms with van der Waals surface area (Å²) in [6, 6.07) is 47.9. The minimum Gasteiger partial charge on any atom is -0.455 e. The summed E-state index contributed by atoms with van der Waals surface area (Å²) in [5.74, 6) is 5.05. The van der Waals surface area contributed by atoms with Gasteiger partial charge in [-0.1, -0.05) is 208 Å². The molecule has 1 aliphatic heterocycles. The Morgan fingerprint density at radius 3 is 1.39 bits per heavy atom. The second-order valence-electron chi connectivity index (χ2n) is 19.8. The van der Waals surface area contributed by atoms with E-state index in [0.29, 0.717) is 34.9 Å². The Hall–Kier alpha value is -7.64. The number of ether oxygens (including phenoxy) is 1. The Bertz CT molecular complexity index is 3150. The summed E-state index contributed by atoms with van der Waals surface area (Å²) >= 11 is 0. The molecular weight excluding hydrogens is 821 g/mol. The van der Waals surface area contributed by atoms with Gasteiger partial charge in [0.1, 0.15) is 11.5 Å². The summed E-state index contributed by atoms with van der Waals surface area (Å²) in [5.41, 5.74) is 11.0. The van der Waals surface area contributed by atoms with Gasteiger partial charge in [-0.2, -0.15) is 0 Å². The summed E-state index contributed by atoms with van der Waals surface area (Å²) in [6.07, 6.45) is 7.58. The van der Waals surface area contributed by atoms with Crippen LogP contribution in [-0.2, 0) is 16.2 Å². The van der Waals surface area contributed by atoms with Crippen LogP contribution in [0.3, 0.4) is 0 Å². The average molecular weight is 877 g/mol. The van der Waals surface area contributed by atoms with Gasteiger partial charge in [0.05, 0.1) is 5.56 Å². The number of fused-ring (bicyclic) bond motifs is 2. The zero-order valence-electron chi connectivity index (χ0n) is 39.9. The molecule has 0 unspecified atom stereocenters. The van der Waals surface area contributed by atoms with Crippen LogP contribution in [0.1, 0.15) is 90.4 Å². The van der Waals surface area contributed by atoms with E-state index in [-0.39, 0.29) is 10.8 Å². The molecule has 7 nitrogen and oxygen atoms in total. The van der Waals surface area contributed by atoms with Gasteiger partial charge in [0.15, 0.2) is 34.9 Å². The minimum absolute atomic E-state index is 0.166. The van der Waals surface area contributed by atoms with E-state index in [1.165, 1.54) is 5.56 Å². The molecule has 0 N–H and O–H groups in total. The SMILES string of the molecule is C=C/C=C\C=C(/C)c1nc(-c2ccccc2)nc(-c2cccc(-c3cc(C(C)(C)C)cc4c3Oc3c(-c5nc(-c6ccccc6)nc(-c6ccccc6)n5)cc(C(C)(C)C)cc3C4(C)C)c2)n1. The average Bonchev–Trinajstić information content (AvgIpc) is 3.33. The Balaban J connectivity index is 1.26. The van der Waals surface area contributed by atoms with Crippen LogP contribution in [-0.4, -0.2) is 29.9 Å². The molecule has 0 fully saturated rings. The molecule has 6 aromatic carbocycles. The van der Waals surface area contributed by atoms with Crippen molar-refractivity contribution in [3.8, 4) is 79.6 Å². The number of rotatable bonds is 9. The summed E-state index contributed by atoms with van der Waals surface area (Å²) in [4.78, 5) is 30.6. The quantitative estimate of drug-likeness (QED) is 0.133. The highest BCUT2D eigenvalue weighted by Crippen LogP contribution is 2.56. The molecule has 7 heteroatoms. The number of aromatic nitrogens is 6. The highest BCUT2D eigenvalue weighted by Gasteiger charge is 2.40. The lowest BCUT2D eigenvalue weighted by atomic mass is 9.70. The van der Waals surface area contributed by atoms with Crippen molar-refractivity contribution in [2.45, 2.75) is 78.6 Å². The van der Waals surface area contributed by atoms with Crippen molar-refractivity contribution in [3.05, 3.63) is 198 Å². The van der Waals surface area contributed by atoms with Gasteiger partial charge in [0.2, 0.25) is 0 Å². The zero-order chi connectivity index (χ0) is 47.1. The fourth-order valence-corrected chi connectivity index (χ4v) is 8.41. The van der Waals surface area contributed by atoms with Crippen molar-refractivity contribution in [2.24, 2.45) is 0 Å². The van der Waals surface area contributed by atoms with Crippen LogP contribution < -0.4 is 4.74 Å². The van der Waals surface area contributed by atoms with Gasteiger partial charge in [0.25, 0.3) is 0 Å². The first-order valence-electron chi connectivity index (χ1n) is 22.9. The molecule has 2 aromatic heterocycles. The van der Waals surface area contributed by atoms with Crippen molar-refractivity contribution in [2.75, 3.05) is 0 Å². The zero-order valence-corrected chi connectivity index (χ0v) is 39.9. The number of allylic oxidation sites excluding steroid dienone is 5. The maximum Gasteiger partial charge on any atom is 0.167 e. The number of hydrogen-bond donors (Lipinski definition) is 0. The second kappa shape index (κ2) is 17.6. The van der Waals surface area contributed by atoms with E-state index in [1.54, 1.807) is 6.08 Å². The predicted octanol–water partition coefficient (Wildman–Crippen LogP) is 15.2. The van der Waals surface area contributed by atoms with Crippen LogP contribution in [0, 0.1) is 0 Å². The van der Waals surface area contributed by atoms with Crippen molar-refractivity contribution in [1.29, 1.82) is 0 Å². The van der Waals surface area contributed by atoms with Crippen LogP contribution in [0.2, 0.25) is 0 Å². The molecule has 0 saturated carbocycles. The van der Waals surface area contributed by atoms with E-state index in [0.717, 1.165) is 72.7 Å². The molecule has 0 saturated heterocycles. The van der Waals surface area contributed by atoms with E-state index < -0.39 is 5.41 Å². The largest absolute Gasteiger partial charge is 0.455 e. The number of hydrogen-bond acceptors (Lipinski definition) is 7. The third kappa shape index (κ3) is 9.02. The maximum absolute atomic E-state index is 7.47. The second-order valence-corrected chi connectivity index (χ2v) is 19.8. The Morgan fingerprint density at radius 2 is 0.896 bits per heavy atom. The van der Waals surface area contributed by atoms with Crippen LogP contribution in [0.4, 0.5) is 0 Å². The molecule has 332 valence electrons. The lowest BCUT2D eigenvalue weighted by molar-refractivity contribution is 0.417. The molecule has 3 heterocycles. The van der Waals surface area contributed by atoms with Crippen molar-refractivity contribution < 1.29 is 4.74 Å². The molecule has 1 aliphatic rings. The number of nitrogens with zero attached hydrogens (tertiary/aromatic N) is 6. The first-order chi connectivity index (χ1) is 32.1. The molecule has 0 bridgehead atoms. The first kappa shape index (κ1) is 44.6. The van der Waals surface area contributed by atoms with Gasteiger partial charge in [0, 0.05) is 44.4 Å². The van der Waals surface area contributed by atoms with E-state index in [1.807, 2.05) is 116 Å². The first-order valence-corrected chi connectivity index (χ1v) is 22.9. The van der Waals surface area contributed by atoms with Crippen LogP contribution >= 0.6 is 0 Å². The molecule has 9 rings (SSSR count). The van der Waals surface area contributed by atoms with E-state index in [2.05, 4.69) is 110 Å². The molecule has 0 spiro atoms. The van der Waals surface area contributed by atoms with E-state index in [9.17, 15) is 0 Å². The number of benzene rings is 6. The molecule has 0 amide bonds. The minimum atomic E-state index is -0.498. The molecular formula is C60H56N6O. The van der Waals surface area contributed by atoms with Crippen LogP contribution in [0.5, 0.6) is 11.5 Å². The van der Waals surface area contributed by atoms with Gasteiger partial charge in [-0.05, 0) is 58.2 Å². The van der Waals surface area contributed by atoms with Crippen LogP contribution in [0.25, 0.3) is 73.6 Å². The van der Waals surface area contributed by atoms with E-state index in [4.69, 9.17) is 34.6 Å². The fraction of sp³-hybridized carbons (Fsp3) is 0.200. The summed E-state index contributed by atoms with van der Waals surface area (Å²) in [6.45, 7) is 24.0. The van der Waals surface area contributed by atoms with Gasteiger partial charge < -0.3 is 4.74 Å². The fourth-order valence-electron chi connectivity index (χ4n) is 8.41. The summed E-state index contributed by atoms with van der Waals surface area (Å²) in [7, 11) is 0. The standard InChI is InChI=1S/C60H56N6O/c1-11-12-16-24-38(2)52-61-53(39-25-17-13-18-26-39)64-56(62-52)43-32-23-31-42(33-43)46-34-44(58(3,4)5)36-48-50(46)67-51-47(35-45(59(6,7)8)37-49(51)60(48,9)10)57-65-54(40-27-19-14-20-28-40)63-55(66-57)41-29-21-15-22-30-41/h11-37H,1H2,2-10H3/b16-12-,38-24+. The van der Waals surface area contributed by atoms with Crippen molar-refractivity contribution >= 4 is 5.57 Å². The lowest BCUT2D eigenvalue weighted by Gasteiger charge is -2.39. The monoisotopic (exact) mass is 876 g/mol. The van der Waals surface area contributed by atoms with Gasteiger partial charge in [-0.3, -0.25) is 0 Å². The van der Waals surface area contributed by atoms with E-state index >= 15 is 0 Å². The van der Waals surface area contributed by atoms with Crippen molar-refractivity contribution in [3.63, 3.8) is 0 Å². The molecule has 8 aromatic rings. The van der Waals surface area contributed by atoms with Crippen molar-refractivity contribution in [1.82, 2.24) is 29.9 Å². The highest BCUT2D eigenvalue weighted by atomic mass is 16.5. The summed E-state index contributed by atoms with van der Waals surface area (Å²) in [5, 5.41) is 0. The molecule has 0 aliphatic carbocycles. The smallest absolute Gasteiger partial charge is 0.167 e. The van der Waals surface area contributed by atoms with Gasteiger partial charge >= 0.3 is 0 Å². The Kier molecular flexibility index (Phi) is 11.7. The Labute approximate surface area is 395 Å². The summed E-state index contributed by atoms with van der Waals surface area (Å²) < 4.78 is 7.47. The Morgan fingerprint density at radius 1 is 0.478 bits per heavy atom. The third-order valence-electron chi connectivity index (χ3n) is 12.4. The maximum atomic E-state index is 7.47. The topological polar surface area (TPSA) is 86.6 Å².